The van der Waals surface area contributed by atoms with Gasteiger partial charge in [0.1, 0.15) is 11.4 Å². The van der Waals surface area contributed by atoms with E-state index in [1.165, 1.54) is 6.07 Å². The molecule has 0 bridgehead atoms. The van der Waals surface area contributed by atoms with Crippen molar-refractivity contribution in [2.45, 2.75) is 25.8 Å². The Bertz CT molecular complexity index is 1050. The summed E-state index contributed by atoms with van der Waals surface area (Å²) in [6.45, 7) is 8.33. The maximum atomic E-state index is 15.2. The Kier molecular flexibility index (Phi) is 5.44. The van der Waals surface area contributed by atoms with Crippen molar-refractivity contribution in [1.29, 1.82) is 0 Å². The Morgan fingerprint density at radius 1 is 1.10 bits per heavy atom. The molecular formula is C23H29FN4O3. The van der Waals surface area contributed by atoms with Gasteiger partial charge in [0.05, 0.1) is 24.4 Å². The number of amides is 1. The second-order valence-corrected chi connectivity index (χ2v) is 8.66. The van der Waals surface area contributed by atoms with Crippen LogP contribution in [0.25, 0.3) is 10.9 Å². The van der Waals surface area contributed by atoms with Gasteiger partial charge in [-0.2, -0.15) is 0 Å². The number of benzene rings is 1. The molecule has 1 aliphatic carbocycles. The first kappa shape index (κ1) is 20.5. The fourth-order valence-corrected chi connectivity index (χ4v) is 4.65. The molecule has 0 spiro atoms. The number of likely N-dealkylation sites (N-methyl/N-ethyl adjacent to an activating group) is 1. The van der Waals surface area contributed by atoms with Crippen LogP contribution in [-0.2, 0) is 4.74 Å². The van der Waals surface area contributed by atoms with Gasteiger partial charge in [-0.25, -0.2) is 4.39 Å². The highest BCUT2D eigenvalue weighted by Crippen LogP contribution is 2.38. The minimum absolute atomic E-state index is 0.130. The monoisotopic (exact) mass is 428 g/mol. The number of rotatable bonds is 4. The molecule has 0 atom stereocenters. The molecule has 5 rings (SSSR count). The summed E-state index contributed by atoms with van der Waals surface area (Å²) >= 11 is 0. The molecule has 3 fully saturated rings. The Morgan fingerprint density at radius 3 is 2.45 bits per heavy atom. The van der Waals surface area contributed by atoms with Gasteiger partial charge in [-0.1, -0.05) is 6.92 Å². The predicted molar refractivity (Wildman–Crippen MR) is 117 cm³/mol. The van der Waals surface area contributed by atoms with E-state index in [9.17, 15) is 9.59 Å². The van der Waals surface area contributed by atoms with Gasteiger partial charge >= 0.3 is 0 Å². The number of halogens is 1. The summed E-state index contributed by atoms with van der Waals surface area (Å²) in [6, 6.07) is 3.41. The molecule has 0 unspecified atom stereocenters. The zero-order valence-corrected chi connectivity index (χ0v) is 18.0. The van der Waals surface area contributed by atoms with E-state index in [1.54, 1.807) is 11.1 Å². The lowest BCUT2D eigenvalue weighted by Crippen LogP contribution is -2.46. The maximum Gasteiger partial charge on any atom is 0.259 e. The van der Waals surface area contributed by atoms with Gasteiger partial charge < -0.3 is 24.0 Å². The molecule has 2 aliphatic heterocycles. The Balaban J connectivity index is 1.56. The number of nitrogens with zero attached hydrogens (tertiary/aromatic N) is 4. The van der Waals surface area contributed by atoms with Crippen LogP contribution in [0.5, 0.6) is 0 Å². The predicted octanol–water partition coefficient (Wildman–Crippen LogP) is 2.09. The van der Waals surface area contributed by atoms with Crippen molar-refractivity contribution in [2.24, 2.45) is 0 Å². The molecule has 8 heteroatoms. The largest absolute Gasteiger partial charge is 0.378 e. The summed E-state index contributed by atoms with van der Waals surface area (Å²) in [7, 11) is 0. The zero-order valence-electron chi connectivity index (χ0n) is 18.0. The topological polar surface area (TPSA) is 58.0 Å². The number of pyridine rings is 1. The number of aromatic nitrogens is 1. The number of hydrogen-bond donors (Lipinski definition) is 0. The van der Waals surface area contributed by atoms with E-state index < -0.39 is 5.82 Å². The Labute approximate surface area is 181 Å². The lowest BCUT2D eigenvalue weighted by molar-refractivity contribution is 0.0301. The minimum atomic E-state index is -0.395. The summed E-state index contributed by atoms with van der Waals surface area (Å²) in [5, 5.41) is 0.291. The molecule has 2 saturated heterocycles. The van der Waals surface area contributed by atoms with E-state index in [4.69, 9.17) is 4.74 Å². The first-order valence-corrected chi connectivity index (χ1v) is 11.3. The van der Waals surface area contributed by atoms with Crippen molar-refractivity contribution in [3.8, 4) is 0 Å². The number of morpholine rings is 1. The molecule has 2 aromatic rings. The van der Waals surface area contributed by atoms with Crippen LogP contribution in [0, 0.1) is 5.82 Å². The van der Waals surface area contributed by atoms with Crippen LogP contribution in [0.3, 0.4) is 0 Å². The first-order chi connectivity index (χ1) is 15.1. The van der Waals surface area contributed by atoms with Crippen molar-refractivity contribution >= 4 is 22.5 Å². The molecule has 1 aromatic carbocycles. The number of fused-ring (bicyclic) bond motifs is 1. The van der Waals surface area contributed by atoms with E-state index in [-0.39, 0.29) is 22.9 Å². The molecule has 1 saturated carbocycles. The van der Waals surface area contributed by atoms with Crippen LogP contribution >= 0.6 is 0 Å². The van der Waals surface area contributed by atoms with Gasteiger partial charge in [-0.15, -0.1) is 0 Å². The third kappa shape index (κ3) is 3.83. The van der Waals surface area contributed by atoms with Gasteiger partial charge in [0.15, 0.2) is 0 Å². The molecule has 1 amide bonds. The van der Waals surface area contributed by atoms with Gasteiger partial charge in [0.25, 0.3) is 5.91 Å². The molecule has 1 aromatic heterocycles. The second kappa shape index (κ2) is 8.24. The van der Waals surface area contributed by atoms with E-state index >= 15 is 4.39 Å². The number of anilines is 1. The van der Waals surface area contributed by atoms with Crippen molar-refractivity contribution in [3.63, 3.8) is 0 Å². The second-order valence-electron chi connectivity index (χ2n) is 8.66. The van der Waals surface area contributed by atoms with Gasteiger partial charge in [-0.3, -0.25) is 9.59 Å². The van der Waals surface area contributed by atoms with Crippen LogP contribution in [0.1, 0.15) is 36.2 Å². The maximum absolute atomic E-state index is 15.2. The minimum Gasteiger partial charge on any atom is -0.378 e. The van der Waals surface area contributed by atoms with Crippen LogP contribution in [0.2, 0.25) is 0 Å². The molecule has 3 heterocycles. The number of carbonyl (C=O) groups is 1. The zero-order chi connectivity index (χ0) is 21.5. The van der Waals surface area contributed by atoms with Gasteiger partial charge in [0.2, 0.25) is 5.43 Å². The summed E-state index contributed by atoms with van der Waals surface area (Å²) in [4.78, 5) is 32.4. The fraction of sp³-hybridized carbons (Fsp3) is 0.565. The number of ether oxygens (including phenoxy) is 1. The first-order valence-electron chi connectivity index (χ1n) is 11.3. The third-order valence-electron chi connectivity index (χ3n) is 6.73. The lowest BCUT2D eigenvalue weighted by atomic mass is 10.1. The standard InChI is InChI=1S/C23H29FN4O3/c1-2-25-5-7-26(8-6-25)21-14-20-17(13-19(21)24)22(29)18(15-28(20)16-3-4-16)23(30)27-9-11-31-12-10-27/h13-16H,2-12H2,1H3. The lowest BCUT2D eigenvalue weighted by Gasteiger charge is -2.35. The smallest absolute Gasteiger partial charge is 0.259 e. The normalized spacial score (nSPS) is 20.5. The van der Waals surface area contributed by atoms with E-state index in [1.807, 2.05) is 10.6 Å². The molecule has 0 N–H and O–H groups in total. The number of carbonyl (C=O) groups excluding carboxylic acids is 1. The summed E-state index contributed by atoms with van der Waals surface area (Å²) in [6.07, 6.45) is 3.72. The van der Waals surface area contributed by atoms with Crippen LogP contribution < -0.4 is 10.3 Å². The Hall–Kier alpha value is -2.45. The molecule has 0 radical (unpaired) electrons. The van der Waals surface area contributed by atoms with Crippen LogP contribution in [0.4, 0.5) is 10.1 Å². The highest BCUT2D eigenvalue weighted by Gasteiger charge is 2.30. The molecular weight excluding hydrogens is 399 g/mol. The molecule has 3 aliphatic rings. The average molecular weight is 429 g/mol. The highest BCUT2D eigenvalue weighted by molar-refractivity contribution is 5.98. The molecule has 7 nitrogen and oxygen atoms in total. The van der Waals surface area contributed by atoms with Crippen molar-refractivity contribution in [2.75, 3.05) is 63.9 Å². The van der Waals surface area contributed by atoms with Crippen molar-refractivity contribution in [3.05, 3.63) is 39.9 Å². The van der Waals surface area contributed by atoms with E-state index in [2.05, 4.69) is 16.7 Å². The number of piperazine rings is 1. The van der Waals surface area contributed by atoms with Crippen molar-refractivity contribution < 1.29 is 13.9 Å². The SMILES string of the molecule is CCN1CCN(c2cc3c(cc2F)c(=O)c(C(=O)N2CCOCC2)cn3C2CC2)CC1. The highest BCUT2D eigenvalue weighted by atomic mass is 19.1. The van der Waals surface area contributed by atoms with E-state index in [0.29, 0.717) is 37.4 Å². The van der Waals surface area contributed by atoms with Gasteiger partial charge in [0, 0.05) is 56.9 Å². The van der Waals surface area contributed by atoms with Gasteiger partial charge in [-0.05, 0) is 31.5 Å². The summed E-state index contributed by atoms with van der Waals surface area (Å²) in [5.41, 5.74) is 1.01. The molecule has 31 heavy (non-hydrogen) atoms. The Morgan fingerprint density at radius 2 is 1.81 bits per heavy atom. The average Bonchev–Trinajstić information content (AvgIpc) is 3.65. The van der Waals surface area contributed by atoms with Crippen LogP contribution in [-0.4, -0.2) is 79.3 Å². The fourth-order valence-electron chi connectivity index (χ4n) is 4.65. The van der Waals surface area contributed by atoms with E-state index in [0.717, 1.165) is 51.1 Å². The van der Waals surface area contributed by atoms with Crippen LogP contribution in [0.15, 0.2) is 23.1 Å². The quantitative estimate of drug-likeness (QED) is 0.747. The summed E-state index contributed by atoms with van der Waals surface area (Å²) in [5.74, 6) is -0.683. The third-order valence-corrected chi connectivity index (χ3v) is 6.73. The molecule has 166 valence electrons. The summed E-state index contributed by atoms with van der Waals surface area (Å²) < 4.78 is 22.5. The van der Waals surface area contributed by atoms with Crippen molar-refractivity contribution in [1.82, 2.24) is 14.4 Å². The number of hydrogen-bond acceptors (Lipinski definition) is 5.